The molecule has 1 N–H and O–H groups in total. The molecule has 0 saturated carbocycles. The summed E-state index contributed by atoms with van der Waals surface area (Å²) >= 11 is 1.55. The monoisotopic (exact) mass is 322 g/mol. The van der Waals surface area contributed by atoms with Gasteiger partial charge in [0.05, 0.1) is 6.04 Å². The lowest BCUT2D eigenvalue weighted by Crippen LogP contribution is -2.54. The largest absolute Gasteiger partial charge is 0.405 e. The lowest BCUT2D eigenvalue weighted by atomic mass is 10.2. The second-order valence-corrected chi connectivity index (χ2v) is 5.72. The SMILES string of the molecule is CC(C(=O)NCC(F)(F)F)N1CCN(c2nccs2)CC1. The third kappa shape index (κ3) is 4.57. The highest BCUT2D eigenvalue weighted by Crippen LogP contribution is 2.19. The molecule has 2 rings (SSSR count). The highest BCUT2D eigenvalue weighted by Gasteiger charge is 2.31. The second-order valence-electron chi connectivity index (χ2n) is 4.85. The van der Waals surface area contributed by atoms with Crippen LogP contribution in [-0.4, -0.2) is 60.7 Å². The summed E-state index contributed by atoms with van der Waals surface area (Å²) in [5, 5.41) is 4.76. The van der Waals surface area contributed by atoms with E-state index >= 15 is 0 Å². The minimum Gasteiger partial charge on any atom is -0.346 e. The molecule has 1 aliphatic rings. The zero-order valence-corrected chi connectivity index (χ0v) is 12.4. The van der Waals surface area contributed by atoms with Gasteiger partial charge >= 0.3 is 6.18 Å². The Hall–Kier alpha value is -1.35. The molecule has 0 radical (unpaired) electrons. The van der Waals surface area contributed by atoms with E-state index in [1.165, 1.54) is 0 Å². The fourth-order valence-corrected chi connectivity index (χ4v) is 2.87. The number of hydrogen-bond acceptors (Lipinski definition) is 5. The van der Waals surface area contributed by atoms with E-state index in [4.69, 9.17) is 0 Å². The van der Waals surface area contributed by atoms with Crippen LogP contribution in [-0.2, 0) is 4.79 Å². The van der Waals surface area contributed by atoms with Crippen LogP contribution in [0, 0.1) is 0 Å². The van der Waals surface area contributed by atoms with E-state index in [0.29, 0.717) is 26.2 Å². The maximum atomic E-state index is 12.1. The number of halogens is 3. The molecular weight excluding hydrogens is 305 g/mol. The van der Waals surface area contributed by atoms with Gasteiger partial charge in [0.1, 0.15) is 6.54 Å². The van der Waals surface area contributed by atoms with Crippen LogP contribution in [0.2, 0.25) is 0 Å². The number of rotatable bonds is 4. The van der Waals surface area contributed by atoms with E-state index in [2.05, 4.69) is 9.88 Å². The molecular formula is C12H17F3N4OS. The zero-order valence-electron chi connectivity index (χ0n) is 11.6. The number of aromatic nitrogens is 1. The highest BCUT2D eigenvalue weighted by atomic mass is 32.1. The van der Waals surface area contributed by atoms with Gasteiger partial charge in [-0.05, 0) is 6.92 Å². The molecule has 5 nitrogen and oxygen atoms in total. The Balaban J connectivity index is 1.80. The van der Waals surface area contributed by atoms with Crippen molar-refractivity contribution in [1.29, 1.82) is 0 Å². The second kappa shape index (κ2) is 6.61. The molecule has 0 spiro atoms. The molecule has 1 saturated heterocycles. The van der Waals surface area contributed by atoms with Crippen LogP contribution in [0.3, 0.4) is 0 Å². The average Bonchev–Trinajstić information content (AvgIpc) is 2.97. The van der Waals surface area contributed by atoms with E-state index < -0.39 is 24.7 Å². The van der Waals surface area contributed by atoms with Crippen molar-refractivity contribution in [1.82, 2.24) is 15.2 Å². The van der Waals surface area contributed by atoms with Gasteiger partial charge in [-0.1, -0.05) is 0 Å². The molecule has 1 unspecified atom stereocenters. The first-order valence-corrected chi connectivity index (χ1v) is 7.48. The standard InChI is InChI=1S/C12H17F3N4OS/c1-9(10(20)17-8-12(13,14)15)18-3-5-19(6-4-18)11-16-2-7-21-11/h2,7,9H,3-6,8H2,1H3,(H,17,20). The maximum absolute atomic E-state index is 12.1. The summed E-state index contributed by atoms with van der Waals surface area (Å²) in [6.07, 6.45) is -2.64. The fraction of sp³-hybridized carbons (Fsp3) is 0.667. The first-order valence-electron chi connectivity index (χ1n) is 6.60. The van der Waals surface area contributed by atoms with Gasteiger partial charge < -0.3 is 10.2 Å². The van der Waals surface area contributed by atoms with Crippen LogP contribution in [0.5, 0.6) is 0 Å². The molecule has 0 bridgehead atoms. The minimum atomic E-state index is -4.38. The number of piperazine rings is 1. The van der Waals surface area contributed by atoms with Crippen molar-refractivity contribution >= 4 is 22.4 Å². The number of amides is 1. The van der Waals surface area contributed by atoms with Gasteiger partial charge in [0.15, 0.2) is 5.13 Å². The van der Waals surface area contributed by atoms with Crippen LogP contribution >= 0.6 is 11.3 Å². The smallest absolute Gasteiger partial charge is 0.346 e. The fourth-order valence-electron chi connectivity index (χ4n) is 2.17. The Kier molecular flexibility index (Phi) is 5.04. The molecule has 1 aromatic rings. The number of nitrogens with one attached hydrogen (secondary N) is 1. The van der Waals surface area contributed by atoms with Crippen molar-refractivity contribution in [3.8, 4) is 0 Å². The first-order chi connectivity index (χ1) is 9.87. The normalized spacial score (nSPS) is 18.6. The van der Waals surface area contributed by atoms with Crippen LogP contribution < -0.4 is 10.2 Å². The Morgan fingerprint density at radius 2 is 2.10 bits per heavy atom. The number of carbonyl (C=O) groups is 1. The van der Waals surface area contributed by atoms with Crippen molar-refractivity contribution in [3.63, 3.8) is 0 Å². The minimum absolute atomic E-state index is 0.564. The van der Waals surface area contributed by atoms with Crippen molar-refractivity contribution in [2.45, 2.75) is 19.1 Å². The Bertz CT molecular complexity index is 458. The van der Waals surface area contributed by atoms with Gasteiger partial charge in [0.2, 0.25) is 5.91 Å². The Labute approximate surface area is 124 Å². The molecule has 1 amide bonds. The lowest BCUT2D eigenvalue weighted by Gasteiger charge is -2.37. The van der Waals surface area contributed by atoms with Gasteiger partial charge in [-0.25, -0.2) is 4.98 Å². The van der Waals surface area contributed by atoms with Crippen molar-refractivity contribution in [3.05, 3.63) is 11.6 Å². The van der Waals surface area contributed by atoms with Gasteiger partial charge in [-0.2, -0.15) is 13.2 Å². The average molecular weight is 322 g/mol. The molecule has 1 aromatic heterocycles. The van der Waals surface area contributed by atoms with E-state index in [0.717, 1.165) is 5.13 Å². The Morgan fingerprint density at radius 1 is 1.43 bits per heavy atom. The molecule has 1 fully saturated rings. The summed E-state index contributed by atoms with van der Waals surface area (Å²) in [7, 11) is 0. The predicted octanol–water partition coefficient (Wildman–Crippen LogP) is 1.33. The highest BCUT2D eigenvalue weighted by molar-refractivity contribution is 7.13. The third-order valence-electron chi connectivity index (χ3n) is 3.39. The lowest BCUT2D eigenvalue weighted by molar-refractivity contribution is -0.141. The molecule has 21 heavy (non-hydrogen) atoms. The van der Waals surface area contributed by atoms with Gasteiger partial charge in [-0.3, -0.25) is 9.69 Å². The number of hydrogen-bond donors (Lipinski definition) is 1. The predicted molar refractivity (Wildman–Crippen MR) is 74.4 cm³/mol. The number of carbonyl (C=O) groups excluding carboxylic acids is 1. The van der Waals surface area contributed by atoms with E-state index in [-0.39, 0.29) is 0 Å². The number of nitrogens with zero attached hydrogens (tertiary/aromatic N) is 3. The van der Waals surface area contributed by atoms with Crippen LogP contribution in [0.1, 0.15) is 6.92 Å². The number of anilines is 1. The number of thiazole rings is 1. The van der Waals surface area contributed by atoms with Crippen molar-refractivity contribution < 1.29 is 18.0 Å². The maximum Gasteiger partial charge on any atom is 0.405 e. The summed E-state index contributed by atoms with van der Waals surface area (Å²) in [4.78, 5) is 19.9. The summed E-state index contributed by atoms with van der Waals surface area (Å²) < 4.78 is 36.3. The molecule has 2 heterocycles. The summed E-state index contributed by atoms with van der Waals surface area (Å²) in [6, 6.07) is -0.564. The summed E-state index contributed by atoms with van der Waals surface area (Å²) in [6.45, 7) is 3.02. The van der Waals surface area contributed by atoms with Crippen molar-refractivity contribution in [2.24, 2.45) is 0 Å². The van der Waals surface area contributed by atoms with E-state index in [1.54, 1.807) is 24.5 Å². The Morgan fingerprint density at radius 3 is 2.62 bits per heavy atom. The zero-order chi connectivity index (χ0) is 15.5. The van der Waals surface area contributed by atoms with Crippen molar-refractivity contribution in [2.75, 3.05) is 37.6 Å². The summed E-state index contributed by atoms with van der Waals surface area (Å²) in [5.74, 6) is -0.588. The molecule has 118 valence electrons. The van der Waals surface area contributed by atoms with E-state index in [9.17, 15) is 18.0 Å². The molecule has 1 atom stereocenters. The number of alkyl halides is 3. The van der Waals surface area contributed by atoms with Crippen LogP contribution in [0.15, 0.2) is 11.6 Å². The molecule has 1 aliphatic heterocycles. The third-order valence-corrected chi connectivity index (χ3v) is 4.23. The topological polar surface area (TPSA) is 48.5 Å². The van der Waals surface area contributed by atoms with Gasteiger partial charge in [0, 0.05) is 37.8 Å². The first kappa shape index (κ1) is 16.0. The van der Waals surface area contributed by atoms with Gasteiger partial charge in [0.25, 0.3) is 0 Å². The van der Waals surface area contributed by atoms with E-state index in [1.807, 2.05) is 15.6 Å². The van der Waals surface area contributed by atoms with Gasteiger partial charge in [-0.15, -0.1) is 11.3 Å². The summed E-state index contributed by atoms with van der Waals surface area (Å²) in [5.41, 5.74) is 0. The molecule has 9 heteroatoms. The molecule has 0 aromatic carbocycles. The van der Waals surface area contributed by atoms with Crippen LogP contribution in [0.25, 0.3) is 0 Å². The quantitative estimate of drug-likeness (QED) is 0.909. The molecule has 0 aliphatic carbocycles. The van der Waals surface area contributed by atoms with Crippen LogP contribution in [0.4, 0.5) is 18.3 Å².